The van der Waals surface area contributed by atoms with Gasteiger partial charge in [0.05, 0.1) is 19.8 Å². The third kappa shape index (κ3) is 7.72. The van der Waals surface area contributed by atoms with Gasteiger partial charge in [0, 0.05) is 31.7 Å². The van der Waals surface area contributed by atoms with Crippen molar-refractivity contribution in [2.45, 2.75) is 32.6 Å². The minimum absolute atomic E-state index is 0.0416. The largest absolute Gasteiger partial charge is 0.494 e. The van der Waals surface area contributed by atoms with Crippen LogP contribution in [0.4, 0.5) is 4.39 Å². The van der Waals surface area contributed by atoms with E-state index in [1.54, 1.807) is 12.1 Å². The van der Waals surface area contributed by atoms with E-state index in [4.69, 9.17) is 14.5 Å². The van der Waals surface area contributed by atoms with Gasteiger partial charge in [0.25, 0.3) is 0 Å². The van der Waals surface area contributed by atoms with Crippen LogP contribution >= 0.6 is 0 Å². The molecule has 152 valence electrons. The topological polar surface area (TPSA) is 75.1 Å². The van der Waals surface area contributed by atoms with Crippen LogP contribution in [0.3, 0.4) is 0 Å². The summed E-state index contributed by atoms with van der Waals surface area (Å²) in [4.78, 5) is 4.70. The first-order chi connectivity index (χ1) is 13.2. The molecule has 1 fully saturated rings. The monoisotopic (exact) mass is 381 g/mol. The number of rotatable bonds is 11. The number of nitrogens with one attached hydrogen (secondary N) is 2. The summed E-state index contributed by atoms with van der Waals surface area (Å²) in [5, 5.41) is 15.9. The van der Waals surface area contributed by atoms with E-state index in [0.717, 1.165) is 51.3 Å². The Morgan fingerprint density at radius 2 is 2.11 bits per heavy atom. The molecule has 0 amide bonds. The maximum absolute atomic E-state index is 12.8. The van der Waals surface area contributed by atoms with Gasteiger partial charge in [-0.25, -0.2) is 4.39 Å². The van der Waals surface area contributed by atoms with Crippen LogP contribution in [0.25, 0.3) is 0 Å². The highest BCUT2D eigenvalue weighted by Gasteiger charge is 2.34. The van der Waals surface area contributed by atoms with Crippen molar-refractivity contribution < 1.29 is 19.0 Å². The lowest BCUT2D eigenvalue weighted by molar-refractivity contribution is 0.131. The van der Waals surface area contributed by atoms with Crippen LogP contribution in [0, 0.1) is 11.2 Å². The highest BCUT2D eigenvalue weighted by Crippen LogP contribution is 2.32. The van der Waals surface area contributed by atoms with Crippen molar-refractivity contribution in [3.63, 3.8) is 0 Å². The summed E-state index contributed by atoms with van der Waals surface area (Å²) in [6.45, 7) is 6.44. The number of hydrogen-bond donors (Lipinski definition) is 3. The number of nitrogens with zero attached hydrogens (tertiary/aromatic N) is 1. The van der Waals surface area contributed by atoms with E-state index in [1.807, 2.05) is 6.92 Å². The van der Waals surface area contributed by atoms with Gasteiger partial charge in [-0.1, -0.05) is 0 Å². The van der Waals surface area contributed by atoms with Crippen molar-refractivity contribution in [1.29, 1.82) is 0 Å². The molecule has 1 unspecified atom stereocenters. The fraction of sp³-hybridized carbons (Fsp3) is 0.650. The third-order valence-electron chi connectivity index (χ3n) is 4.69. The van der Waals surface area contributed by atoms with Crippen molar-refractivity contribution in [1.82, 2.24) is 10.6 Å². The van der Waals surface area contributed by atoms with E-state index in [2.05, 4.69) is 10.6 Å². The maximum Gasteiger partial charge on any atom is 0.191 e. The summed E-state index contributed by atoms with van der Waals surface area (Å²) in [6.07, 6.45) is 3.50. The minimum Gasteiger partial charge on any atom is -0.494 e. The smallest absolute Gasteiger partial charge is 0.191 e. The molecular weight excluding hydrogens is 349 g/mol. The van der Waals surface area contributed by atoms with Crippen LogP contribution in [0.5, 0.6) is 5.75 Å². The quantitative estimate of drug-likeness (QED) is 0.312. The average Bonchev–Trinajstić information content (AvgIpc) is 3.13. The zero-order valence-electron chi connectivity index (χ0n) is 16.2. The van der Waals surface area contributed by atoms with Crippen molar-refractivity contribution in [2.75, 3.05) is 46.1 Å². The molecule has 1 aromatic rings. The third-order valence-corrected chi connectivity index (χ3v) is 4.69. The Bertz CT molecular complexity index is 560. The summed E-state index contributed by atoms with van der Waals surface area (Å²) in [5.41, 5.74) is -0.0416. The Kier molecular flexibility index (Phi) is 9.35. The molecule has 0 aromatic heterocycles. The SMILES string of the molecule is CCNC(=NCC1(CCO)CCOC1)NCCCCOc1ccc(F)cc1. The lowest BCUT2D eigenvalue weighted by Crippen LogP contribution is -2.39. The molecule has 1 saturated heterocycles. The lowest BCUT2D eigenvalue weighted by atomic mass is 9.84. The molecule has 3 N–H and O–H groups in total. The molecule has 27 heavy (non-hydrogen) atoms. The number of hydrogen-bond acceptors (Lipinski definition) is 4. The number of guanidine groups is 1. The number of unbranched alkanes of at least 4 members (excludes halogenated alkanes) is 1. The number of aliphatic imine (C=N–C) groups is 1. The minimum atomic E-state index is -0.258. The second-order valence-electron chi connectivity index (χ2n) is 6.91. The normalized spacial score (nSPS) is 19.9. The maximum atomic E-state index is 12.8. The van der Waals surface area contributed by atoms with Gasteiger partial charge in [0.2, 0.25) is 0 Å². The summed E-state index contributed by atoms with van der Waals surface area (Å²) in [7, 11) is 0. The van der Waals surface area contributed by atoms with Gasteiger partial charge in [0.15, 0.2) is 5.96 Å². The highest BCUT2D eigenvalue weighted by atomic mass is 19.1. The molecule has 7 heteroatoms. The van der Waals surface area contributed by atoms with Gasteiger partial charge in [-0.05, 0) is 56.9 Å². The van der Waals surface area contributed by atoms with Gasteiger partial charge < -0.3 is 25.2 Å². The Hall–Kier alpha value is -1.86. The second-order valence-corrected chi connectivity index (χ2v) is 6.91. The van der Waals surface area contributed by atoms with Gasteiger partial charge >= 0.3 is 0 Å². The molecule has 1 atom stereocenters. The molecule has 2 rings (SSSR count). The summed E-state index contributed by atoms with van der Waals surface area (Å²) in [6, 6.07) is 6.07. The molecule has 0 spiro atoms. The fourth-order valence-corrected chi connectivity index (χ4v) is 3.03. The molecule has 1 aliphatic rings. The molecule has 0 saturated carbocycles. The molecule has 0 radical (unpaired) electrons. The first-order valence-electron chi connectivity index (χ1n) is 9.76. The second kappa shape index (κ2) is 11.8. The molecule has 1 aliphatic heterocycles. The van der Waals surface area contributed by atoms with Crippen LogP contribution in [-0.4, -0.2) is 57.1 Å². The number of halogens is 1. The summed E-state index contributed by atoms with van der Waals surface area (Å²) in [5.74, 6) is 1.22. The first kappa shape index (κ1) is 21.4. The van der Waals surface area contributed by atoms with E-state index in [0.29, 0.717) is 25.5 Å². The summed E-state index contributed by atoms with van der Waals surface area (Å²) >= 11 is 0. The van der Waals surface area contributed by atoms with E-state index >= 15 is 0 Å². The molecule has 0 bridgehead atoms. The van der Waals surface area contributed by atoms with Crippen molar-refractivity contribution in [3.8, 4) is 5.75 Å². The molecule has 6 nitrogen and oxygen atoms in total. The van der Waals surface area contributed by atoms with E-state index in [9.17, 15) is 9.50 Å². The fourth-order valence-electron chi connectivity index (χ4n) is 3.03. The van der Waals surface area contributed by atoms with Crippen molar-refractivity contribution in [2.24, 2.45) is 10.4 Å². The molecule has 1 aromatic carbocycles. The highest BCUT2D eigenvalue weighted by molar-refractivity contribution is 5.79. The number of aliphatic hydroxyl groups is 1. The first-order valence-corrected chi connectivity index (χ1v) is 9.76. The van der Waals surface area contributed by atoms with Crippen LogP contribution in [0.2, 0.25) is 0 Å². The van der Waals surface area contributed by atoms with Crippen molar-refractivity contribution in [3.05, 3.63) is 30.1 Å². The van der Waals surface area contributed by atoms with Crippen LogP contribution in [0.1, 0.15) is 32.6 Å². The standard InChI is InChI=1S/C20H32FN3O3/c1-2-22-19(24-15-20(9-12-25)10-14-26-16-20)23-11-3-4-13-27-18-7-5-17(21)6-8-18/h5-8,25H,2-4,9-16H2,1H3,(H2,22,23,24). The van der Waals surface area contributed by atoms with E-state index in [-0.39, 0.29) is 17.8 Å². The zero-order valence-corrected chi connectivity index (χ0v) is 16.2. The Morgan fingerprint density at radius 3 is 2.78 bits per heavy atom. The van der Waals surface area contributed by atoms with Crippen LogP contribution in [-0.2, 0) is 4.74 Å². The molecule has 1 heterocycles. The Balaban J connectivity index is 1.68. The number of aliphatic hydroxyl groups excluding tert-OH is 1. The Morgan fingerprint density at radius 1 is 1.30 bits per heavy atom. The van der Waals surface area contributed by atoms with Gasteiger partial charge in [-0.15, -0.1) is 0 Å². The van der Waals surface area contributed by atoms with Gasteiger partial charge in [-0.2, -0.15) is 0 Å². The van der Waals surface area contributed by atoms with E-state index < -0.39 is 0 Å². The van der Waals surface area contributed by atoms with Crippen LogP contribution < -0.4 is 15.4 Å². The van der Waals surface area contributed by atoms with Gasteiger partial charge in [0.1, 0.15) is 11.6 Å². The predicted molar refractivity (Wildman–Crippen MR) is 105 cm³/mol. The Labute approximate surface area is 161 Å². The average molecular weight is 381 g/mol. The predicted octanol–water partition coefficient (Wildman–Crippen LogP) is 2.33. The zero-order chi connectivity index (χ0) is 19.4. The summed E-state index contributed by atoms with van der Waals surface area (Å²) < 4.78 is 24.0. The molecule has 0 aliphatic carbocycles. The number of ether oxygens (including phenoxy) is 2. The molecular formula is C20H32FN3O3. The van der Waals surface area contributed by atoms with Crippen LogP contribution in [0.15, 0.2) is 29.3 Å². The lowest BCUT2D eigenvalue weighted by Gasteiger charge is -2.24. The number of benzene rings is 1. The van der Waals surface area contributed by atoms with Crippen molar-refractivity contribution >= 4 is 5.96 Å². The van der Waals surface area contributed by atoms with E-state index in [1.165, 1.54) is 12.1 Å². The van der Waals surface area contributed by atoms with Gasteiger partial charge in [-0.3, -0.25) is 4.99 Å².